The van der Waals surface area contributed by atoms with Crippen LogP contribution in [0.15, 0.2) is 36.4 Å². The van der Waals surface area contributed by atoms with Gasteiger partial charge in [0, 0.05) is 16.7 Å². The van der Waals surface area contributed by atoms with Crippen LogP contribution in [0, 0.1) is 0 Å². The molecule has 1 aliphatic rings. The van der Waals surface area contributed by atoms with E-state index >= 15 is 0 Å². The van der Waals surface area contributed by atoms with Gasteiger partial charge in [0.2, 0.25) is 0 Å². The van der Waals surface area contributed by atoms with Crippen molar-refractivity contribution in [1.29, 1.82) is 0 Å². The molecule has 1 aliphatic heterocycles. The van der Waals surface area contributed by atoms with E-state index in [1.807, 2.05) is 0 Å². The third-order valence-corrected chi connectivity index (χ3v) is 4.32. The van der Waals surface area contributed by atoms with Crippen LogP contribution in [0.25, 0.3) is 0 Å². The number of carbonyl (C=O) groups excluding carboxylic acids is 4. The fraction of sp³-hybridized carbons (Fsp3) is 0.238. The Balaban J connectivity index is 1.63. The van der Waals surface area contributed by atoms with Gasteiger partial charge in [-0.25, -0.2) is 0 Å². The van der Waals surface area contributed by atoms with Crippen molar-refractivity contribution in [3.8, 4) is 11.5 Å². The maximum atomic E-state index is 12.3. The third-order valence-electron chi connectivity index (χ3n) is 4.32. The summed E-state index contributed by atoms with van der Waals surface area (Å²) in [6, 6.07) is 9.36. The Bertz CT molecular complexity index is 997. The number of fused-ring (bicyclic) bond motifs is 1. The van der Waals surface area contributed by atoms with Crippen LogP contribution in [0.3, 0.4) is 0 Å². The Hall–Kier alpha value is -3.68. The molecule has 2 aromatic rings. The Morgan fingerprint density at radius 1 is 1.10 bits per heavy atom. The highest BCUT2D eigenvalue weighted by molar-refractivity contribution is 6.01. The van der Waals surface area contributed by atoms with Crippen molar-refractivity contribution in [1.82, 2.24) is 0 Å². The van der Waals surface area contributed by atoms with Gasteiger partial charge in [-0.3, -0.25) is 19.2 Å². The van der Waals surface area contributed by atoms with E-state index in [0.29, 0.717) is 28.3 Å². The molecule has 29 heavy (non-hydrogen) atoms. The standard InChI is InChI=1S/C21H19NO7/c1-12(23)13-3-5-18(27-2)15(7-13)9-21(26)29-10-17(24)14-4-6-19-16(8-14)22-20(25)11-28-19/h3-8H,9-11H2,1-2H3,(H,22,25). The number of esters is 1. The summed E-state index contributed by atoms with van der Waals surface area (Å²) in [4.78, 5) is 47.4. The fourth-order valence-electron chi connectivity index (χ4n) is 2.83. The average Bonchev–Trinajstić information content (AvgIpc) is 2.71. The predicted octanol–water partition coefficient (Wildman–Crippen LogP) is 2.20. The van der Waals surface area contributed by atoms with Crippen LogP contribution in [-0.2, 0) is 20.7 Å². The van der Waals surface area contributed by atoms with E-state index in [1.165, 1.54) is 26.2 Å². The lowest BCUT2D eigenvalue weighted by molar-refractivity contribution is -0.141. The van der Waals surface area contributed by atoms with Gasteiger partial charge in [0.15, 0.2) is 24.8 Å². The second kappa shape index (κ2) is 8.55. The van der Waals surface area contributed by atoms with E-state index in [-0.39, 0.29) is 30.3 Å². The second-order valence-electron chi connectivity index (χ2n) is 6.39. The number of hydrogen-bond donors (Lipinski definition) is 1. The molecule has 0 fully saturated rings. The number of hydrogen-bond acceptors (Lipinski definition) is 7. The number of nitrogens with one attached hydrogen (secondary N) is 1. The molecule has 0 saturated heterocycles. The van der Waals surface area contributed by atoms with E-state index in [9.17, 15) is 19.2 Å². The van der Waals surface area contributed by atoms with Crippen molar-refractivity contribution in [2.24, 2.45) is 0 Å². The van der Waals surface area contributed by atoms with Crippen molar-refractivity contribution >= 4 is 29.1 Å². The first kappa shape index (κ1) is 20.1. The van der Waals surface area contributed by atoms with Crippen LogP contribution in [0.4, 0.5) is 5.69 Å². The normalized spacial score (nSPS) is 12.3. The average molecular weight is 397 g/mol. The summed E-state index contributed by atoms with van der Waals surface area (Å²) in [5, 5.41) is 2.61. The van der Waals surface area contributed by atoms with Crippen molar-refractivity contribution in [2.75, 3.05) is 25.6 Å². The number of amides is 1. The second-order valence-corrected chi connectivity index (χ2v) is 6.39. The maximum Gasteiger partial charge on any atom is 0.310 e. The minimum atomic E-state index is -0.632. The summed E-state index contributed by atoms with van der Waals surface area (Å²) in [5.41, 5.74) is 1.61. The number of Topliss-reactive ketones (excluding diaryl/α,β-unsaturated/α-hetero) is 2. The Labute approximate surface area is 166 Å². The summed E-state index contributed by atoms with van der Waals surface area (Å²) in [5.74, 6) is -0.590. The summed E-state index contributed by atoms with van der Waals surface area (Å²) in [7, 11) is 1.46. The van der Waals surface area contributed by atoms with E-state index in [2.05, 4.69) is 5.32 Å². The zero-order valence-corrected chi connectivity index (χ0v) is 15.9. The predicted molar refractivity (Wildman–Crippen MR) is 103 cm³/mol. The van der Waals surface area contributed by atoms with Gasteiger partial charge >= 0.3 is 5.97 Å². The maximum absolute atomic E-state index is 12.3. The first-order valence-corrected chi connectivity index (χ1v) is 8.80. The molecule has 0 saturated carbocycles. The molecule has 2 aromatic carbocycles. The molecular weight excluding hydrogens is 378 g/mol. The van der Waals surface area contributed by atoms with Crippen molar-refractivity contribution in [3.05, 3.63) is 53.1 Å². The van der Waals surface area contributed by atoms with Crippen molar-refractivity contribution in [3.63, 3.8) is 0 Å². The van der Waals surface area contributed by atoms with Gasteiger partial charge < -0.3 is 19.5 Å². The van der Waals surface area contributed by atoms with Gasteiger partial charge in [-0.05, 0) is 43.3 Å². The molecule has 0 spiro atoms. The van der Waals surface area contributed by atoms with Crippen LogP contribution >= 0.6 is 0 Å². The molecule has 0 radical (unpaired) electrons. The first-order valence-electron chi connectivity index (χ1n) is 8.80. The van der Waals surface area contributed by atoms with Crippen molar-refractivity contribution in [2.45, 2.75) is 13.3 Å². The molecule has 0 aromatic heterocycles. The lowest BCUT2D eigenvalue weighted by atomic mass is 10.0. The molecule has 0 bridgehead atoms. The minimum Gasteiger partial charge on any atom is -0.496 e. The number of ketones is 2. The van der Waals surface area contributed by atoms with E-state index < -0.39 is 18.4 Å². The topological polar surface area (TPSA) is 108 Å². The third kappa shape index (κ3) is 4.78. The van der Waals surface area contributed by atoms with E-state index in [1.54, 1.807) is 24.3 Å². The van der Waals surface area contributed by atoms with Gasteiger partial charge in [-0.1, -0.05) is 0 Å². The number of anilines is 1. The highest BCUT2D eigenvalue weighted by Gasteiger charge is 2.19. The van der Waals surface area contributed by atoms with Gasteiger partial charge in [0.1, 0.15) is 11.5 Å². The molecule has 1 amide bonds. The largest absolute Gasteiger partial charge is 0.496 e. The van der Waals surface area contributed by atoms with Gasteiger partial charge in [0.05, 0.1) is 19.2 Å². The Morgan fingerprint density at radius 3 is 2.59 bits per heavy atom. The van der Waals surface area contributed by atoms with Gasteiger partial charge in [0.25, 0.3) is 5.91 Å². The number of rotatable bonds is 7. The number of ether oxygens (including phenoxy) is 3. The van der Waals surface area contributed by atoms with Gasteiger partial charge in [-0.2, -0.15) is 0 Å². The zero-order valence-electron chi connectivity index (χ0n) is 15.9. The van der Waals surface area contributed by atoms with Crippen molar-refractivity contribution < 1.29 is 33.4 Å². The monoisotopic (exact) mass is 397 g/mol. The molecule has 150 valence electrons. The molecule has 3 rings (SSSR count). The van der Waals surface area contributed by atoms with Crippen LogP contribution in [0.1, 0.15) is 33.2 Å². The highest BCUT2D eigenvalue weighted by Crippen LogP contribution is 2.28. The lowest BCUT2D eigenvalue weighted by Crippen LogP contribution is -2.25. The number of benzene rings is 2. The molecular formula is C21H19NO7. The van der Waals surface area contributed by atoms with Crippen LogP contribution < -0.4 is 14.8 Å². The lowest BCUT2D eigenvalue weighted by Gasteiger charge is -2.18. The molecule has 0 unspecified atom stereocenters. The highest BCUT2D eigenvalue weighted by atomic mass is 16.5. The summed E-state index contributed by atoms with van der Waals surface area (Å²) in [6.45, 7) is 0.891. The number of methoxy groups -OCH3 is 1. The zero-order chi connectivity index (χ0) is 21.0. The molecule has 1 N–H and O–H groups in total. The molecule has 8 nitrogen and oxygen atoms in total. The SMILES string of the molecule is COc1ccc(C(C)=O)cc1CC(=O)OCC(=O)c1ccc2c(c1)NC(=O)CO2. The summed E-state index contributed by atoms with van der Waals surface area (Å²) in [6.07, 6.45) is -0.147. The number of carbonyl (C=O) groups is 4. The molecule has 0 aliphatic carbocycles. The quantitative estimate of drug-likeness (QED) is 0.564. The summed E-state index contributed by atoms with van der Waals surface area (Å²) < 4.78 is 15.5. The Morgan fingerprint density at radius 2 is 1.86 bits per heavy atom. The van der Waals surface area contributed by atoms with E-state index in [0.717, 1.165) is 0 Å². The first-order chi connectivity index (χ1) is 13.9. The van der Waals surface area contributed by atoms with Gasteiger partial charge in [-0.15, -0.1) is 0 Å². The van der Waals surface area contributed by atoms with Crippen LogP contribution in [0.5, 0.6) is 11.5 Å². The van der Waals surface area contributed by atoms with E-state index in [4.69, 9.17) is 14.2 Å². The fourth-order valence-corrected chi connectivity index (χ4v) is 2.83. The van der Waals surface area contributed by atoms with Crippen LogP contribution in [0.2, 0.25) is 0 Å². The molecule has 0 atom stereocenters. The van der Waals surface area contributed by atoms with Crippen LogP contribution in [-0.4, -0.2) is 43.8 Å². The molecule has 1 heterocycles. The summed E-state index contributed by atoms with van der Waals surface area (Å²) >= 11 is 0. The minimum absolute atomic E-state index is 0.0772. The Kier molecular flexibility index (Phi) is 5.92. The molecule has 8 heteroatoms. The smallest absolute Gasteiger partial charge is 0.310 e.